The van der Waals surface area contributed by atoms with Gasteiger partial charge in [-0.3, -0.25) is 0 Å². The number of hydrogen-bond acceptors (Lipinski definition) is 2. The Morgan fingerprint density at radius 3 is 2.67 bits per heavy atom. The third kappa shape index (κ3) is 2.19. The van der Waals surface area contributed by atoms with E-state index in [9.17, 15) is 8.78 Å². The summed E-state index contributed by atoms with van der Waals surface area (Å²) >= 11 is 10.9. The van der Waals surface area contributed by atoms with E-state index in [1.807, 2.05) is 0 Å². The maximum Gasteiger partial charge on any atom is 0.387 e. The number of alkyl halides is 2. The lowest BCUT2D eigenvalue weighted by molar-refractivity contribution is -0.0498. The van der Waals surface area contributed by atoms with Gasteiger partial charge in [-0.05, 0) is 0 Å². The number of aromatic nitrogens is 1. The first-order valence-corrected chi connectivity index (χ1v) is 3.61. The van der Waals surface area contributed by atoms with Crippen LogP contribution < -0.4 is 4.74 Å². The van der Waals surface area contributed by atoms with Crippen molar-refractivity contribution in [2.45, 2.75) is 6.61 Å². The first kappa shape index (κ1) is 9.48. The summed E-state index contributed by atoms with van der Waals surface area (Å²) in [6.07, 6.45) is 1.23. The predicted octanol–water partition coefficient (Wildman–Crippen LogP) is 2.99. The summed E-state index contributed by atoms with van der Waals surface area (Å²) in [4.78, 5) is 3.56. The normalized spacial score (nSPS) is 10.4. The highest BCUT2D eigenvalue weighted by Crippen LogP contribution is 2.30. The van der Waals surface area contributed by atoms with Crippen molar-refractivity contribution >= 4 is 23.2 Å². The first-order valence-electron chi connectivity index (χ1n) is 2.86. The molecule has 0 aliphatic rings. The van der Waals surface area contributed by atoms with Crippen molar-refractivity contribution in [2.24, 2.45) is 0 Å². The van der Waals surface area contributed by atoms with Crippen LogP contribution in [0.4, 0.5) is 8.78 Å². The van der Waals surface area contributed by atoms with E-state index in [2.05, 4.69) is 9.72 Å². The Morgan fingerprint density at radius 1 is 1.42 bits per heavy atom. The van der Waals surface area contributed by atoms with Crippen LogP contribution in [0.1, 0.15) is 0 Å². The molecule has 12 heavy (non-hydrogen) atoms. The van der Waals surface area contributed by atoms with Gasteiger partial charge in [0.15, 0.2) is 5.15 Å². The maximum absolute atomic E-state index is 11.7. The first-order chi connectivity index (χ1) is 5.61. The van der Waals surface area contributed by atoms with Gasteiger partial charge in [0.1, 0.15) is 10.8 Å². The Balaban J connectivity index is 2.92. The summed E-state index contributed by atoms with van der Waals surface area (Å²) in [6.45, 7) is -2.92. The minimum absolute atomic E-state index is 0.0604. The molecule has 0 aliphatic heterocycles. The molecule has 1 aromatic rings. The zero-order valence-corrected chi connectivity index (χ0v) is 7.11. The standard InChI is InChI=1S/C6H3Cl2F2NO/c7-4-3(12-6(9)10)1-2-11-5(4)8/h1-2,6H. The minimum atomic E-state index is -2.92. The summed E-state index contributed by atoms with van der Waals surface area (Å²) in [7, 11) is 0. The number of hydrogen-bond donors (Lipinski definition) is 0. The van der Waals surface area contributed by atoms with Gasteiger partial charge >= 0.3 is 6.61 Å². The van der Waals surface area contributed by atoms with Crippen LogP contribution in [0, 0.1) is 0 Å². The molecule has 6 heteroatoms. The van der Waals surface area contributed by atoms with E-state index in [-0.39, 0.29) is 15.9 Å². The predicted molar refractivity (Wildman–Crippen MR) is 40.9 cm³/mol. The fourth-order valence-corrected chi connectivity index (χ4v) is 0.895. The van der Waals surface area contributed by atoms with Crippen molar-refractivity contribution < 1.29 is 13.5 Å². The molecule has 0 bridgehead atoms. The quantitative estimate of drug-likeness (QED) is 0.706. The van der Waals surface area contributed by atoms with Crippen molar-refractivity contribution in [3.63, 3.8) is 0 Å². The van der Waals surface area contributed by atoms with Gasteiger partial charge in [-0.1, -0.05) is 23.2 Å². The molecule has 1 heterocycles. The van der Waals surface area contributed by atoms with E-state index in [1.165, 1.54) is 12.3 Å². The lowest BCUT2D eigenvalue weighted by atomic mass is 10.4. The molecular formula is C6H3Cl2F2NO. The molecule has 0 fully saturated rings. The molecule has 0 aliphatic carbocycles. The summed E-state index contributed by atoms with van der Waals surface area (Å²) < 4.78 is 27.4. The fraction of sp³-hybridized carbons (Fsp3) is 0.167. The molecule has 0 saturated heterocycles. The molecule has 0 atom stereocenters. The molecule has 0 aromatic carbocycles. The second-order valence-corrected chi connectivity index (χ2v) is 2.53. The van der Waals surface area contributed by atoms with Crippen molar-refractivity contribution in [1.29, 1.82) is 0 Å². The largest absolute Gasteiger partial charge is 0.433 e. The third-order valence-electron chi connectivity index (χ3n) is 1.03. The molecule has 0 saturated carbocycles. The van der Waals surface area contributed by atoms with Gasteiger partial charge in [0.25, 0.3) is 0 Å². The summed E-state index contributed by atoms with van der Waals surface area (Å²) in [6, 6.07) is 1.21. The zero-order valence-electron chi connectivity index (χ0n) is 5.60. The van der Waals surface area contributed by atoms with Crippen molar-refractivity contribution in [1.82, 2.24) is 4.98 Å². The number of halogens is 4. The molecule has 66 valence electrons. The average Bonchev–Trinajstić information content (AvgIpc) is 1.98. The third-order valence-corrected chi connectivity index (χ3v) is 1.78. The van der Waals surface area contributed by atoms with E-state index in [1.54, 1.807) is 0 Å². The number of rotatable bonds is 2. The van der Waals surface area contributed by atoms with Gasteiger partial charge < -0.3 is 4.74 Å². The van der Waals surface area contributed by atoms with Gasteiger partial charge in [-0.15, -0.1) is 0 Å². The van der Waals surface area contributed by atoms with Crippen LogP contribution in [0.5, 0.6) is 5.75 Å². The van der Waals surface area contributed by atoms with Crippen LogP contribution in [-0.2, 0) is 0 Å². The molecule has 0 unspecified atom stereocenters. The van der Waals surface area contributed by atoms with E-state index in [0.29, 0.717) is 0 Å². The SMILES string of the molecule is FC(F)Oc1ccnc(Cl)c1Cl. The average molecular weight is 214 g/mol. The van der Waals surface area contributed by atoms with Crippen LogP contribution in [0.25, 0.3) is 0 Å². The second-order valence-electron chi connectivity index (χ2n) is 1.79. The van der Waals surface area contributed by atoms with E-state index in [0.717, 1.165) is 0 Å². The Kier molecular flexibility index (Phi) is 3.05. The maximum atomic E-state index is 11.7. The van der Waals surface area contributed by atoms with E-state index < -0.39 is 6.61 Å². The molecule has 1 aromatic heterocycles. The molecule has 2 nitrogen and oxygen atoms in total. The highest BCUT2D eigenvalue weighted by molar-refractivity contribution is 6.42. The van der Waals surface area contributed by atoms with Gasteiger partial charge in [0.2, 0.25) is 0 Å². The number of ether oxygens (including phenoxy) is 1. The van der Waals surface area contributed by atoms with Crippen LogP contribution >= 0.6 is 23.2 Å². The van der Waals surface area contributed by atoms with Crippen molar-refractivity contribution in [3.8, 4) is 5.75 Å². The lowest BCUT2D eigenvalue weighted by Gasteiger charge is -2.05. The zero-order chi connectivity index (χ0) is 9.14. The Labute approximate surface area is 77.1 Å². The van der Waals surface area contributed by atoms with Crippen LogP contribution in [0.2, 0.25) is 10.2 Å². The lowest BCUT2D eigenvalue weighted by Crippen LogP contribution is -2.02. The van der Waals surface area contributed by atoms with Crippen LogP contribution in [-0.4, -0.2) is 11.6 Å². The molecule has 0 radical (unpaired) electrons. The summed E-state index contributed by atoms with van der Waals surface area (Å²) in [5.41, 5.74) is 0. The van der Waals surface area contributed by atoms with Crippen molar-refractivity contribution in [2.75, 3.05) is 0 Å². The van der Waals surface area contributed by atoms with Crippen LogP contribution in [0.3, 0.4) is 0 Å². The van der Waals surface area contributed by atoms with Gasteiger partial charge in [0.05, 0.1) is 0 Å². The summed E-state index contributed by atoms with van der Waals surface area (Å²) in [5.74, 6) is -0.174. The van der Waals surface area contributed by atoms with Gasteiger partial charge in [-0.25, -0.2) is 4.98 Å². The van der Waals surface area contributed by atoms with Gasteiger partial charge in [0, 0.05) is 12.3 Å². The van der Waals surface area contributed by atoms with Crippen molar-refractivity contribution in [3.05, 3.63) is 22.4 Å². The van der Waals surface area contributed by atoms with E-state index in [4.69, 9.17) is 23.2 Å². The molecule has 0 N–H and O–H groups in total. The topological polar surface area (TPSA) is 22.1 Å². The van der Waals surface area contributed by atoms with Gasteiger partial charge in [-0.2, -0.15) is 8.78 Å². The molecule has 0 amide bonds. The highest BCUT2D eigenvalue weighted by Gasteiger charge is 2.10. The van der Waals surface area contributed by atoms with E-state index >= 15 is 0 Å². The molecule has 1 rings (SSSR count). The highest BCUT2D eigenvalue weighted by atomic mass is 35.5. The summed E-state index contributed by atoms with van der Waals surface area (Å²) in [5, 5.41) is -0.172. The number of nitrogens with zero attached hydrogens (tertiary/aromatic N) is 1. The molecular weight excluding hydrogens is 211 g/mol. The minimum Gasteiger partial charge on any atom is -0.433 e. The Hall–Kier alpha value is -0.610. The smallest absolute Gasteiger partial charge is 0.387 e. The Morgan fingerprint density at radius 2 is 2.08 bits per heavy atom. The molecule has 0 spiro atoms. The fourth-order valence-electron chi connectivity index (χ4n) is 0.589. The number of pyridine rings is 1. The Bertz CT molecular complexity index is 282. The van der Waals surface area contributed by atoms with Crippen LogP contribution in [0.15, 0.2) is 12.3 Å². The second kappa shape index (κ2) is 3.87. The monoisotopic (exact) mass is 213 g/mol.